The van der Waals surface area contributed by atoms with E-state index in [1.54, 1.807) is 6.92 Å². The van der Waals surface area contributed by atoms with Crippen LogP contribution in [-0.2, 0) is 4.79 Å². The first-order chi connectivity index (χ1) is 15.4. The number of hydrogen-bond donors (Lipinski definition) is 2. The summed E-state index contributed by atoms with van der Waals surface area (Å²) < 4.78 is 56.5. The van der Waals surface area contributed by atoms with Crippen molar-refractivity contribution < 1.29 is 37.0 Å². The van der Waals surface area contributed by atoms with Gasteiger partial charge in [0.2, 0.25) is 5.91 Å². The van der Waals surface area contributed by atoms with Crippen LogP contribution in [0, 0.1) is 12.7 Å². The molecule has 33 heavy (non-hydrogen) atoms. The second-order valence-corrected chi connectivity index (χ2v) is 7.64. The molecule has 0 aliphatic heterocycles. The number of phenolic OH excluding ortho intramolecular Hbond substituents is 1. The van der Waals surface area contributed by atoms with Crippen molar-refractivity contribution in [2.45, 2.75) is 45.4 Å². The minimum absolute atomic E-state index is 0.0507. The van der Waals surface area contributed by atoms with E-state index in [1.165, 1.54) is 22.8 Å². The number of ether oxygens (including phenoxy) is 1. The van der Waals surface area contributed by atoms with Gasteiger partial charge in [-0.3, -0.25) is 14.2 Å². The first kappa shape index (κ1) is 24.1. The summed E-state index contributed by atoms with van der Waals surface area (Å²) in [5.41, 5.74) is 6.65. The van der Waals surface area contributed by atoms with Crippen LogP contribution in [0.4, 0.5) is 17.6 Å². The van der Waals surface area contributed by atoms with Crippen LogP contribution < -0.4 is 10.5 Å². The van der Waals surface area contributed by atoms with E-state index in [-0.39, 0.29) is 23.4 Å². The maximum Gasteiger partial charge on any atom is 0.573 e. The lowest BCUT2D eigenvalue weighted by molar-refractivity contribution is -0.274. The maximum absolute atomic E-state index is 14.2. The number of phenols is 1. The molecule has 2 aromatic carbocycles. The molecule has 1 amide bonds. The number of aromatic nitrogens is 1. The van der Waals surface area contributed by atoms with Crippen LogP contribution in [0.15, 0.2) is 36.4 Å². The van der Waals surface area contributed by atoms with Crippen molar-refractivity contribution in [3.63, 3.8) is 0 Å². The Balaban J connectivity index is 2.12. The molecule has 1 atom stereocenters. The zero-order valence-corrected chi connectivity index (χ0v) is 17.9. The molecule has 0 aliphatic carbocycles. The van der Waals surface area contributed by atoms with Gasteiger partial charge in [-0.05, 0) is 61.6 Å². The molecule has 10 heteroatoms. The average Bonchev–Trinajstić information content (AvgIpc) is 2.99. The van der Waals surface area contributed by atoms with Gasteiger partial charge in [0.1, 0.15) is 5.75 Å². The molecule has 1 heterocycles. The Bertz CT molecular complexity index is 1200. The molecule has 0 aliphatic rings. The number of benzene rings is 2. The second kappa shape index (κ2) is 9.13. The SMILES string of the molecule is CC[C@@H](CCC(N)=O)c1c(C)n(C(=O)c2ccc(OC(F)(F)F)cc2)c2cc(F)c(O)cc12. The molecule has 3 aromatic rings. The van der Waals surface area contributed by atoms with Crippen LogP contribution >= 0.6 is 0 Å². The van der Waals surface area contributed by atoms with Crippen molar-refractivity contribution in [1.29, 1.82) is 0 Å². The Morgan fingerprint density at radius 1 is 1.18 bits per heavy atom. The van der Waals surface area contributed by atoms with Crippen molar-refractivity contribution in [2.24, 2.45) is 5.73 Å². The van der Waals surface area contributed by atoms with Crippen LogP contribution in [0.1, 0.15) is 53.7 Å². The van der Waals surface area contributed by atoms with E-state index in [9.17, 15) is 32.3 Å². The van der Waals surface area contributed by atoms with Gasteiger partial charge < -0.3 is 15.6 Å². The molecule has 176 valence electrons. The topological polar surface area (TPSA) is 94.6 Å². The van der Waals surface area contributed by atoms with Gasteiger partial charge in [0.15, 0.2) is 11.6 Å². The maximum atomic E-state index is 14.2. The van der Waals surface area contributed by atoms with E-state index in [1.807, 2.05) is 6.92 Å². The Kier molecular flexibility index (Phi) is 6.66. The number of nitrogens with two attached hydrogens (primary N) is 1. The monoisotopic (exact) mass is 466 g/mol. The molecule has 3 rings (SSSR count). The first-order valence-corrected chi connectivity index (χ1v) is 10.1. The summed E-state index contributed by atoms with van der Waals surface area (Å²) in [6, 6.07) is 6.63. The molecule has 3 N–H and O–H groups in total. The number of halogens is 4. The minimum Gasteiger partial charge on any atom is -0.505 e. The molecule has 6 nitrogen and oxygen atoms in total. The Morgan fingerprint density at radius 2 is 1.82 bits per heavy atom. The van der Waals surface area contributed by atoms with Gasteiger partial charge in [0.25, 0.3) is 5.91 Å². The van der Waals surface area contributed by atoms with Crippen LogP contribution in [0.3, 0.4) is 0 Å². The molecular weight excluding hydrogens is 444 g/mol. The summed E-state index contributed by atoms with van der Waals surface area (Å²) in [6.07, 6.45) is -3.79. The highest BCUT2D eigenvalue weighted by molar-refractivity contribution is 6.04. The summed E-state index contributed by atoms with van der Waals surface area (Å²) in [6.45, 7) is 3.54. The third kappa shape index (κ3) is 5.10. The van der Waals surface area contributed by atoms with E-state index in [0.29, 0.717) is 29.5 Å². The molecule has 0 unspecified atom stereocenters. The van der Waals surface area contributed by atoms with Crippen LogP contribution in [0.25, 0.3) is 10.9 Å². The van der Waals surface area contributed by atoms with Crippen molar-refractivity contribution >= 4 is 22.7 Å². The van der Waals surface area contributed by atoms with Crippen molar-refractivity contribution in [3.05, 3.63) is 59.0 Å². The average molecular weight is 466 g/mol. The number of hydrogen-bond acceptors (Lipinski definition) is 4. The van der Waals surface area contributed by atoms with Gasteiger partial charge in [-0.2, -0.15) is 0 Å². The van der Waals surface area contributed by atoms with E-state index in [0.717, 1.165) is 18.2 Å². The lowest BCUT2D eigenvalue weighted by Gasteiger charge is -2.16. The summed E-state index contributed by atoms with van der Waals surface area (Å²) in [4.78, 5) is 24.6. The fourth-order valence-corrected chi connectivity index (χ4v) is 4.02. The van der Waals surface area contributed by atoms with Crippen molar-refractivity contribution in [2.75, 3.05) is 0 Å². The molecule has 0 saturated heterocycles. The smallest absolute Gasteiger partial charge is 0.505 e. The van der Waals surface area contributed by atoms with Gasteiger partial charge in [-0.1, -0.05) is 6.92 Å². The van der Waals surface area contributed by atoms with E-state index >= 15 is 0 Å². The standard InChI is InChI=1S/C23H22F4N2O4/c1-3-13(6-9-20(28)31)21-12(2)29(18-11-17(24)19(30)10-16(18)21)22(32)14-4-7-15(8-5-14)33-23(25,26)27/h4-5,7-8,10-11,13,30H,3,6,9H2,1-2H3,(H2,28,31)/t13-/m0/s1. The molecule has 1 aromatic heterocycles. The normalized spacial score (nSPS) is 12.7. The highest BCUT2D eigenvalue weighted by atomic mass is 19.4. The molecule has 0 bridgehead atoms. The molecular formula is C23H22F4N2O4. The number of rotatable bonds is 7. The highest BCUT2D eigenvalue weighted by Crippen LogP contribution is 2.39. The van der Waals surface area contributed by atoms with E-state index < -0.39 is 35.5 Å². The number of aromatic hydroxyl groups is 1. The van der Waals surface area contributed by atoms with Gasteiger partial charge in [-0.25, -0.2) is 4.39 Å². The fraction of sp³-hybridized carbons (Fsp3) is 0.304. The Hall–Kier alpha value is -3.56. The lowest BCUT2D eigenvalue weighted by atomic mass is 9.89. The van der Waals surface area contributed by atoms with Crippen molar-refractivity contribution in [1.82, 2.24) is 4.57 Å². The van der Waals surface area contributed by atoms with E-state index in [2.05, 4.69) is 4.74 Å². The number of carbonyl (C=O) groups excluding carboxylic acids is 2. The van der Waals surface area contributed by atoms with Crippen LogP contribution in [0.2, 0.25) is 0 Å². The zero-order valence-electron chi connectivity index (χ0n) is 17.9. The summed E-state index contributed by atoms with van der Waals surface area (Å²) in [5.74, 6) is -3.30. The molecule has 0 fully saturated rings. The van der Waals surface area contributed by atoms with Gasteiger partial charge in [0.05, 0.1) is 5.52 Å². The summed E-state index contributed by atoms with van der Waals surface area (Å²) in [5, 5.41) is 10.4. The number of alkyl halides is 3. The number of primary amides is 1. The predicted octanol–water partition coefficient (Wildman–Crippen LogP) is 5.14. The molecule has 0 saturated carbocycles. The highest BCUT2D eigenvalue weighted by Gasteiger charge is 2.31. The molecule has 0 spiro atoms. The van der Waals surface area contributed by atoms with Gasteiger partial charge >= 0.3 is 6.36 Å². The fourth-order valence-electron chi connectivity index (χ4n) is 4.02. The van der Waals surface area contributed by atoms with Gasteiger partial charge in [-0.15, -0.1) is 13.2 Å². The number of fused-ring (bicyclic) bond motifs is 1. The minimum atomic E-state index is -4.87. The predicted molar refractivity (Wildman–Crippen MR) is 113 cm³/mol. The van der Waals surface area contributed by atoms with Crippen molar-refractivity contribution in [3.8, 4) is 11.5 Å². The van der Waals surface area contributed by atoms with Crippen LogP contribution in [0.5, 0.6) is 11.5 Å². The molecule has 0 radical (unpaired) electrons. The number of amides is 1. The second-order valence-electron chi connectivity index (χ2n) is 7.64. The Morgan fingerprint density at radius 3 is 2.36 bits per heavy atom. The number of carbonyl (C=O) groups is 2. The summed E-state index contributed by atoms with van der Waals surface area (Å²) >= 11 is 0. The lowest BCUT2D eigenvalue weighted by Crippen LogP contribution is -2.17. The Labute approximate surface area is 186 Å². The largest absolute Gasteiger partial charge is 0.573 e. The van der Waals surface area contributed by atoms with Crippen LogP contribution in [-0.4, -0.2) is 27.9 Å². The first-order valence-electron chi connectivity index (χ1n) is 10.1. The summed E-state index contributed by atoms with van der Waals surface area (Å²) in [7, 11) is 0. The quantitative estimate of drug-likeness (QED) is 0.472. The number of nitrogens with zero attached hydrogens (tertiary/aromatic N) is 1. The third-order valence-corrected chi connectivity index (χ3v) is 5.50. The van der Waals surface area contributed by atoms with E-state index in [4.69, 9.17) is 5.73 Å². The van der Waals surface area contributed by atoms with Gasteiger partial charge in [0, 0.05) is 29.1 Å². The zero-order chi connectivity index (χ0) is 24.5. The third-order valence-electron chi connectivity index (χ3n) is 5.50.